The third kappa shape index (κ3) is 5.48. The molecule has 2 saturated heterocycles. The molecule has 2 heterocycles. The maximum Gasteiger partial charge on any atom is 0.246 e. The van der Waals surface area contributed by atoms with Crippen molar-refractivity contribution in [1.29, 1.82) is 0 Å². The number of nitrogens with zero attached hydrogens (tertiary/aromatic N) is 3. The van der Waals surface area contributed by atoms with Crippen LogP contribution < -0.4 is 4.74 Å². The molecule has 0 N–H and O–H groups in total. The average Bonchev–Trinajstić information content (AvgIpc) is 3.26. The summed E-state index contributed by atoms with van der Waals surface area (Å²) in [4.78, 5) is 16.8. The number of hydrogen-bond acceptors (Lipinski definition) is 6. The van der Waals surface area contributed by atoms with Crippen molar-refractivity contribution in [3.05, 3.63) is 23.8 Å². The van der Waals surface area contributed by atoms with Crippen LogP contribution >= 0.6 is 0 Å². The quantitative estimate of drug-likeness (QED) is 0.613. The van der Waals surface area contributed by atoms with Crippen molar-refractivity contribution in [2.24, 2.45) is 0 Å². The maximum atomic E-state index is 13.1. The van der Waals surface area contributed by atoms with Gasteiger partial charge in [-0.25, -0.2) is 8.42 Å². The van der Waals surface area contributed by atoms with Gasteiger partial charge in [-0.15, -0.1) is 0 Å². The number of rotatable bonds is 8. The van der Waals surface area contributed by atoms with E-state index in [9.17, 15) is 13.2 Å². The number of sulfonamides is 1. The van der Waals surface area contributed by atoms with Gasteiger partial charge in [0.1, 0.15) is 10.6 Å². The van der Waals surface area contributed by atoms with E-state index in [0.717, 1.165) is 19.6 Å². The molecule has 2 aliphatic rings. The van der Waals surface area contributed by atoms with Crippen LogP contribution in [0.5, 0.6) is 5.75 Å². The molecule has 2 aliphatic heterocycles. The van der Waals surface area contributed by atoms with Crippen LogP contribution in [0.25, 0.3) is 0 Å². The van der Waals surface area contributed by atoms with Crippen molar-refractivity contribution >= 4 is 15.9 Å². The second-order valence-electron chi connectivity index (χ2n) is 7.54. The summed E-state index contributed by atoms with van der Waals surface area (Å²) in [6.07, 6.45) is 2.61. The monoisotopic (exact) mass is 425 g/mol. The molecular weight excluding hydrogens is 394 g/mol. The van der Waals surface area contributed by atoms with Gasteiger partial charge >= 0.3 is 0 Å². The standard InChI is InChI=1S/C20H31N3O5S/c1-21(9-10-22-7-3-4-8-22)20(24)16-17-5-6-18(27-2)19(15-17)29(25,26)23-11-13-28-14-12-23/h5-6,15H,3-4,7-14,16H2,1-2H3. The van der Waals surface area contributed by atoms with E-state index in [1.54, 1.807) is 30.1 Å². The van der Waals surface area contributed by atoms with E-state index >= 15 is 0 Å². The number of amides is 1. The lowest BCUT2D eigenvalue weighted by atomic mass is 10.1. The minimum absolute atomic E-state index is 0.0240. The van der Waals surface area contributed by atoms with E-state index in [0.29, 0.717) is 38.4 Å². The summed E-state index contributed by atoms with van der Waals surface area (Å²) >= 11 is 0. The predicted octanol–water partition coefficient (Wildman–Crippen LogP) is 0.813. The van der Waals surface area contributed by atoms with Crippen molar-refractivity contribution in [3.63, 3.8) is 0 Å². The summed E-state index contributed by atoms with van der Waals surface area (Å²) in [7, 11) is -0.460. The fourth-order valence-corrected chi connectivity index (χ4v) is 5.30. The van der Waals surface area contributed by atoms with Crippen LogP contribution in [0.2, 0.25) is 0 Å². The molecular formula is C20H31N3O5S. The first-order valence-corrected chi connectivity index (χ1v) is 11.6. The number of methoxy groups -OCH3 is 1. The molecule has 0 aliphatic carbocycles. The molecule has 0 unspecified atom stereocenters. The van der Waals surface area contributed by atoms with Gasteiger partial charge in [0.05, 0.1) is 26.7 Å². The molecule has 2 fully saturated rings. The summed E-state index contributed by atoms with van der Waals surface area (Å²) in [5, 5.41) is 0. The fraction of sp³-hybridized carbons (Fsp3) is 0.650. The van der Waals surface area contributed by atoms with Crippen molar-refractivity contribution in [1.82, 2.24) is 14.1 Å². The van der Waals surface area contributed by atoms with E-state index < -0.39 is 10.0 Å². The highest BCUT2D eigenvalue weighted by atomic mass is 32.2. The van der Waals surface area contributed by atoms with Crippen molar-refractivity contribution < 1.29 is 22.7 Å². The molecule has 8 nitrogen and oxygen atoms in total. The second kappa shape index (κ2) is 9.88. The second-order valence-corrected chi connectivity index (χ2v) is 9.45. The lowest BCUT2D eigenvalue weighted by Gasteiger charge is -2.27. The normalized spacial score (nSPS) is 18.7. The number of likely N-dealkylation sites (tertiary alicyclic amines) is 1. The predicted molar refractivity (Wildman–Crippen MR) is 110 cm³/mol. The highest BCUT2D eigenvalue weighted by Crippen LogP contribution is 2.28. The van der Waals surface area contributed by atoms with E-state index in [1.165, 1.54) is 24.3 Å². The van der Waals surface area contributed by atoms with Crippen LogP contribution in [0, 0.1) is 0 Å². The Hall–Kier alpha value is -1.68. The van der Waals surface area contributed by atoms with Crippen molar-refractivity contribution in [2.45, 2.75) is 24.2 Å². The Morgan fingerprint density at radius 1 is 1.17 bits per heavy atom. The molecule has 162 valence electrons. The lowest BCUT2D eigenvalue weighted by Crippen LogP contribution is -2.40. The topological polar surface area (TPSA) is 79.4 Å². The van der Waals surface area contributed by atoms with Gasteiger partial charge in [-0.1, -0.05) is 6.07 Å². The average molecular weight is 426 g/mol. The highest BCUT2D eigenvalue weighted by Gasteiger charge is 2.29. The zero-order valence-electron chi connectivity index (χ0n) is 17.3. The molecule has 0 spiro atoms. The maximum absolute atomic E-state index is 13.1. The Bertz CT molecular complexity index is 802. The lowest BCUT2D eigenvalue weighted by molar-refractivity contribution is -0.129. The first-order chi connectivity index (χ1) is 13.9. The largest absolute Gasteiger partial charge is 0.495 e. The molecule has 29 heavy (non-hydrogen) atoms. The van der Waals surface area contributed by atoms with E-state index in [-0.39, 0.29) is 23.0 Å². The summed E-state index contributed by atoms with van der Waals surface area (Å²) < 4.78 is 38.1. The summed E-state index contributed by atoms with van der Waals surface area (Å²) in [5.74, 6) is 0.263. The third-order valence-electron chi connectivity index (χ3n) is 5.55. The number of likely N-dealkylation sites (N-methyl/N-ethyl adjacent to an activating group) is 1. The smallest absolute Gasteiger partial charge is 0.246 e. The highest BCUT2D eigenvalue weighted by molar-refractivity contribution is 7.89. The summed E-state index contributed by atoms with van der Waals surface area (Å²) in [6.45, 7) is 5.13. The van der Waals surface area contributed by atoms with Gasteiger partial charge < -0.3 is 19.3 Å². The Morgan fingerprint density at radius 3 is 2.52 bits per heavy atom. The number of benzene rings is 1. The van der Waals surface area contributed by atoms with Crippen LogP contribution in [-0.2, 0) is 26.0 Å². The van der Waals surface area contributed by atoms with Crippen LogP contribution in [0.3, 0.4) is 0 Å². The van der Waals surface area contributed by atoms with Gasteiger partial charge in [0, 0.05) is 33.2 Å². The molecule has 3 rings (SSSR count). The minimum atomic E-state index is -3.71. The Morgan fingerprint density at radius 2 is 1.86 bits per heavy atom. The minimum Gasteiger partial charge on any atom is -0.495 e. The van der Waals surface area contributed by atoms with E-state index in [1.807, 2.05) is 0 Å². The van der Waals surface area contributed by atoms with Crippen LogP contribution in [-0.4, -0.2) is 95.1 Å². The fourth-order valence-electron chi connectivity index (χ4n) is 3.69. The Balaban J connectivity index is 1.69. The van der Waals surface area contributed by atoms with Gasteiger partial charge in [0.15, 0.2) is 0 Å². The van der Waals surface area contributed by atoms with Crippen molar-refractivity contribution in [2.75, 3.05) is 66.6 Å². The summed E-state index contributed by atoms with van der Waals surface area (Å²) in [6, 6.07) is 4.94. The third-order valence-corrected chi connectivity index (χ3v) is 7.47. The van der Waals surface area contributed by atoms with Gasteiger partial charge in [-0.05, 0) is 43.6 Å². The number of morpholine rings is 1. The van der Waals surface area contributed by atoms with Crippen LogP contribution in [0.4, 0.5) is 0 Å². The molecule has 1 aromatic rings. The number of ether oxygens (including phenoxy) is 2. The zero-order valence-corrected chi connectivity index (χ0v) is 18.1. The molecule has 1 aromatic carbocycles. The van der Waals surface area contributed by atoms with Crippen LogP contribution in [0.15, 0.2) is 23.1 Å². The number of carbonyl (C=O) groups is 1. The first-order valence-electron chi connectivity index (χ1n) is 10.1. The molecule has 0 bridgehead atoms. The van der Waals surface area contributed by atoms with E-state index in [4.69, 9.17) is 9.47 Å². The SMILES string of the molecule is COc1ccc(CC(=O)N(C)CCN2CCCC2)cc1S(=O)(=O)N1CCOCC1. The summed E-state index contributed by atoms with van der Waals surface area (Å²) in [5.41, 5.74) is 0.663. The molecule has 9 heteroatoms. The molecule has 0 atom stereocenters. The molecule has 0 aromatic heterocycles. The number of carbonyl (C=O) groups excluding carboxylic acids is 1. The van der Waals surface area contributed by atoms with Gasteiger partial charge in [0.2, 0.25) is 15.9 Å². The molecule has 0 radical (unpaired) electrons. The van der Waals surface area contributed by atoms with Crippen molar-refractivity contribution in [3.8, 4) is 5.75 Å². The zero-order chi connectivity index (χ0) is 20.9. The van der Waals surface area contributed by atoms with Crippen LogP contribution in [0.1, 0.15) is 18.4 Å². The van der Waals surface area contributed by atoms with Gasteiger partial charge in [-0.2, -0.15) is 4.31 Å². The Kier molecular flexibility index (Phi) is 7.50. The Labute approximate surface area is 173 Å². The van der Waals surface area contributed by atoms with E-state index in [2.05, 4.69) is 4.90 Å². The number of hydrogen-bond donors (Lipinski definition) is 0. The first kappa shape index (κ1) is 22.0. The van der Waals surface area contributed by atoms with Gasteiger partial charge in [0.25, 0.3) is 0 Å². The molecule has 0 saturated carbocycles. The van der Waals surface area contributed by atoms with Gasteiger partial charge in [-0.3, -0.25) is 4.79 Å². The molecule has 1 amide bonds.